The van der Waals surface area contributed by atoms with E-state index in [1.165, 1.54) is 37.3 Å². The van der Waals surface area contributed by atoms with E-state index in [1.54, 1.807) is 55.6 Å². The first kappa shape index (κ1) is 33.3. The van der Waals surface area contributed by atoms with Gasteiger partial charge >= 0.3 is 0 Å². The Balaban J connectivity index is 2.16. The highest BCUT2D eigenvalue weighted by atomic mass is 32.2. The molecule has 0 aliphatic rings. The topological polar surface area (TPSA) is 114 Å². The Kier molecular flexibility index (Phi) is 11.0. The minimum Gasteiger partial charge on any atom is -0.497 e. The number of rotatable bonds is 13. The molecule has 0 saturated heterocycles. The molecule has 11 heteroatoms. The number of sulfonamides is 1. The lowest BCUT2D eigenvalue weighted by Crippen LogP contribution is -2.55. The Labute approximate surface area is 254 Å². The third-order valence-electron chi connectivity index (χ3n) is 6.64. The smallest absolute Gasteiger partial charge is 0.264 e. The fraction of sp³-hybridized carbons (Fsp3) is 0.375. The van der Waals surface area contributed by atoms with E-state index < -0.39 is 34.1 Å². The minimum atomic E-state index is -4.28. The number of methoxy groups -OCH3 is 3. The number of ether oxygens (including phenoxy) is 3. The Bertz CT molecular complexity index is 1500. The van der Waals surface area contributed by atoms with Crippen molar-refractivity contribution in [3.63, 3.8) is 0 Å². The van der Waals surface area contributed by atoms with Gasteiger partial charge < -0.3 is 24.4 Å². The van der Waals surface area contributed by atoms with Gasteiger partial charge in [-0.25, -0.2) is 8.42 Å². The third-order valence-corrected chi connectivity index (χ3v) is 8.41. The first-order chi connectivity index (χ1) is 20.3. The normalized spacial score (nSPS) is 12.2. The average Bonchev–Trinajstić information content (AvgIpc) is 2.98. The van der Waals surface area contributed by atoms with Crippen LogP contribution in [-0.2, 0) is 26.2 Å². The summed E-state index contributed by atoms with van der Waals surface area (Å²) >= 11 is 0. The second kappa shape index (κ2) is 14.3. The fourth-order valence-electron chi connectivity index (χ4n) is 4.56. The number of hydrogen-bond donors (Lipinski definition) is 1. The quantitative estimate of drug-likeness (QED) is 0.300. The van der Waals surface area contributed by atoms with E-state index in [0.717, 1.165) is 4.31 Å². The SMILES string of the molecule is CC[C@@H](C(=O)NC(C)(C)C)N(Cc1cccc(OC)c1)C(=O)CN(c1cc(OC)ccc1OC)S(=O)(=O)c1ccccc1. The van der Waals surface area contributed by atoms with Gasteiger partial charge in [-0.3, -0.25) is 13.9 Å². The van der Waals surface area contributed by atoms with Crippen molar-refractivity contribution in [1.82, 2.24) is 10.2 Å². The zero-order chi connectivity index (χ0) is 31.8. The Morgan fingerprint density at radius 1 is 0.860 bits per heavy atom. The number of carbonyl (C=O) groups excluding carboxylic acids is 2. The highest BCUT2D eigenvalue weighted by Crippen LogP contribution is 2.36. The molecule has 1 N–H and O–H groups in total. The maximum Gasteiger partial charge on any atom is 0.264 e. The molecule has 0 radical (unpaired) electrons. The predicted octanol–water partition coefficient (Wildman–Crippen LogP) is 4.63. The van der Waals surface area contributed by atoms with Crippen molar-refractivity contribution in [1.29, 1.82) is 0 Å². The molecular formula is C32H41N3O7S. The number of nitrogens with zero attached hydrogens (tertiary/aromatic N) is 2. The van der Waals surface area contributed by atoms with Crippen LogP contribution in [0.5, 0.6) is 17.2 Å². The lowest BCUT2D eigenvalue weighted by atomic mass is 10.1. The highest BCUT2D eigenvalue weighted by Gasteiger charge is 2.35. The van der Waals surface area contributed by atoms with Crippen LogP contribution < -0.4 is 23.8 Å². The molecule has 1 atom stereocenters. The summed E-state index contributed by atoms with van der Waals surface area (Å²) in [4.78, 5) is 29.2. The summed E-state index contributed by atoms with van der Waals surface area (Å²) in [5.41, 5.74) is 0.282. The van der Waals surface area contributed by atoms with Crippen molar-refractivity contribution >= 4 is 27.5 Å². The van der Waals surface area contributed by atoms with Crippen molar-refractivity contribution in [3.8, 4) is 17.2 Å². The first-order valence-corrected chi connectivity index (χ1v) is 15.3. The highest BCUT2D eigenvalue weighted by molar-refractivity contribution is 7.92. The minimum absolute atomic E-state index is 0.00969. The van der Waals surface area contributed by atoms with Crippen LogP contribution in [-0.4, -0.2) is 64.6 Å². The molecule has 0 aliphatic carbocycles. The van der Waals surface area contributed by atoms with Crippen LogP contribution in [0.4, 0.5) is 5.69 Å². The molecule has 3 aromatic carbocycles. The standard InChI is InChI=1S/C32H41N3O7S/c1-8-27(31(37)33-32(2,3)4)34(21-23-13-12-14-24(19-23)40-5)30(36)22-35(43(38,39)26-15-10-9-11-16-26)28-20-25(41-6)17-18-29(28)42-7/h9-20,27H,8,21-22H2,1-7H3,(H,33,37)/t27-/m0/s1. The van der Waals surface area contributed by atoms with Gasteiger partial charge in [0.1, 0.15) is 29.8 Å². The summed E-state index contributed by atoms with van der Waals surface area (Å²) in [6, 6.07) is 18.8. The monoisotopic (exact) mass is 611 g/mol. The van der Waals surface area contributed by atoms with Gasteiger partial charge in [-0.15, -0.1) is 0 Å². The van der Waals surface area contributed by atoms with Crippen molar-refractivity contribution < 1.29 is 32.2 Å². The predicted molar refractivity (Wildman–Crippen MR) is 166 cm³/mol. The summed E-state index contributed by atoms with van der Waals surface area (Å²) in [5, 5.41) is 2.96. The van der Waals surface area contributed by atoms with Gasteiger partial charge in [0.25, 0.3) is 10.0 Å². The molecule has 0 saturated carbocycles. The Hall–Kier alpha value is -4.25. The van der Waals surface area contributed by atoms with Gasteiger partial charge in [0.15, 0.2) is 0 Å². The van der Waals surface area contributed by atoms with Gasteiger partial charge in [0.2, 0.25) is 11.8 Å². The third kappa shape index (κ3) is 8.41. The summed E-state index contributed by atoms with van der Waals surface area (Å²) in [5.74, 6) is 0.267. The van der Waals surface area contributed by atoms with E-state index in [2.05, 4.69) is 5.32 Å². The summed E-state index contributed by atoms with van der Waals surface area (Å²) < 4.78 is 45.5. The molecule has 0 unspecified atom stereocenters. The Morgan fingerprint density at radius 3 is 2.09 bits per heavy atom. The van der Waals surface area contributed by atoms with E-state index in [1.807, 2.05) is 33.8 Å². The number of carbonyl (C=O) groups is 2. The molecule has 3 aromatic rings. The molecule has 0 aromatic heterocycles. The van der Waals surface area contributed by atoms with Crippen LogP contribution in [0.15, 0.2) is 77.7 Å². The van der Waals surface area contributed by atoms with Crippen LogP contribution in [0.3, 0.4) is 0 Å². The van der Waals surface area contributed by atoms with Gasteiger partial charge in [0, 0.05) is 18.2 Å². The molecule has 0 spiro atoms. The zero-order valence-electron chi connectivity index (χ0n) is 25.8. The van der Waals surface area contributed by atoms with Crippen molar-refractivity contribution in [3.05, 3.63) is 78.4 Å². The van der Waals surface area contributed by atoms with E-state index >= 15 is 0 Å². The first-order valence-electron chi connectivity index (χ1n) is 13.9. The summed E-state index contributed by atoms with van der Waals surface area (Å²) in [6.07, 6.45) is 0.297. The van der Waals surface area contributed by atoms with Crippen LogP contribution in [0.1, 0.15) is 39.7 Å². The fourth-order valence-corrected chi connectivity index (χ4v) is 6.00. The van der Waals surface area contributed by atoms with Crippen LogP contribution in [0.25, 0.3) is 0 Å². The van der Waals surface area contributed by atoms with Crippen LogP contribution in [0.2, 0.25) is 0 Å². The van der Waals surface area contributed by atoms with Gasteiger partial charge in [-0.2, -0.15) is 0 Å². The van der Waals surface area contributed by atoms with E-state index in [0.29, 0.717) is 23.5 Å². The van der Waals surface area contributed by atoms with E-state index in [9.17, 15) is 18.0 Å². The molecule has 10 nitrogen and oxygen atoms in total. The van der Waals surface area contributed by atoms with E-state index in [4.69, 9.17) is 14.2 Å². The molecule has 3 rings (SSSR count). The van der Waals surface area contributed by atoms with Crippen molar-refractivity contribution in [2.45, 2.75) is 57.1 Å². The molecule has 0 heterocycles. The maximum atomic E-state index is 14.3. The molecule has 0 aliphatic heterocycles. The number of anilines is 1. The summed E-state index contributed by atoms with van der Waals surface area (Å²) in [7, 11) is 0.144. The second-order valence-electron chi connectivity index (χ2n) is 10.9. The molecule has 232 valence electrons. The van der Waals surface area contributed by atoms with Gasteiger partial charge in [0.05, 0.1) is 31.9 Å². The van der Waals surface area contributed by atoms with E-state index in [-0.39, 0.29) is 28.8 Å². The van der Waals surface area contributed by atoms with Crippen molar-refractivity contribution in [2.75, 3.05) is 32.2 Å². The number of amides is 2. The van der Waals surface area contributed by atoms with Gasteiger partial charge in [-0.1, -0.05) is 37.3 Å². The Morgan fingerprint density at radius 2 is 1.51 bits per heavy atom. The lowest BCUT2D eigenvalue weighted by molar-refractivity contribution is -0.141. The molecular weight excluding hydrogens is 570 g/mol. The zero-order valence-corrected chi connectivity index (χ0v) is 26.6. The lowest BCUT2D eigenvalue weighted by Gasteiger charge is -2.35. The molecule has 0 fully saturated rings. The number of benzene rings is 3. The maximum absolute atomic E-state index is 14.3. The van der Waals surface area contributed by atoms with Crippen molar-refractivity contribution in [2.24, 2.45) is 0 Å². The van der Waals surface area contributed by atoms with Gasteiger partial charge in [-0.05, 0) is 69.2 Å². The molecule has 43 heavy (non-hydrogen) atoms. The average molecular weight is 612 g/mol. The number of hydrogen-bond acceptors (Lipinski definition) is 7. The molecule has 2 amide bonds. The largest absolute Gasteiger partial charge is 0.497 e. The number of nitrogens with one attached hydrogen (secondary N) is 1. The van der Waals surface area contributed by atoms with Crippen LogP contribution in [0, 0.1) is 0 Å². The summed E-state index contributed by atoms with van der Waals surface area (Å²) in [6.45, 7) is 6.81. The second-order valence-corrected chi connectivity index (χ2v) is 12.8. The molecule has 0 bridgehead atoms. The van der Waals surface area contributed by atoms with Crippen LogP contribution >= 0.6 is 0 Å².